The number of halogens is 4. The van der Waals surface area contributed by atoms with Crippen molar-refractivity contribution in [3.8, 4) is 0 Å². The molecule has 0 atom stereocenters. The highest BCUT2D eigenvalue weighted by molar-refractivity contribution is 4.54. The third kappa shape index (κ3) is 5.75. The first kappa shape index (κ1) is 12.6. The molecule has 0 amide bonds. The zero-order valence-electron chi connectivity index (χ0n) is 6.60. The molecule has 0 fully saturated rings. The quantitative estimate of drug-likeness (QED) is 0.406. The molecule has 0 aromatic heterocycles. The van der Waals surface area contributed by atoms with Crippen LogP contribution in [0.5, 0.6) is 0 Å². The van der Waals surface area contributed by atoms with Gasteiger partial charge in [0.25, 0.3) is 0 Å². The van der Waals surface area contributed by atoms with Crippen molar-refractivity contribution in [2.75, 3.05) is 20.3 Å². The third-order valence-corrected chi connectivity index (χ3v) is 0.983. The van der Waals surface area contributed by atoms with Gasteiger partial charge in [-0.1, -0.05) is 0 Å². The van der Waals surface area contributed by atoms with Gasteiger partial charge in [0, 0.05) is 7.11 Å². The van der Waals surface area contributed by atoms with Crippen LogP contribution in [0.15, 0.2) is 0 Å². The van der Waals surface area contributed by atoms with E-state index in [4.69, 9.17) is 5.26 Å². The van der Waals surface area contributed by atoms with Gasteiger partial charge in [-0.05, 0) is 0 Å². The van der Waals surface area contributed by atoms with Gasteiger partial charge >= 0.3 is 12.2 Å². The van der Waals surface area contributed by atoms with Crippen LogP contribution in [0.4, 0.5) is 17.6 Å². The second-order valence-corrected chi connectivity index (χ2v) is 2.04. The van der Waals surface area contributed by atoms with Crippen LogP contribution in [0, 0.1) is 0 Å². The van der Waals surface area contributed by atoms with E-state index in [2.05, 4.69) is 14.4 Å². The lowest BCUT2D eigenvalue weighted by Gasteiger charge is -2.19. The van der Waals surface area contributed by atoms with Gasteiger partial charge < -0.3 is 9.47 Å². The molecule has 4 nitrogen and oxygen atoms in total. The van der Waals surface area contributed by atoms with Gasteiger partial charge in [0.2, 0.25) is 0 Å². The summed E-state index contributed by atoms with van der Waals surface area (Å²) in [4.78, 5) is 3.04. The maximum absolute atomic E-state index is 12.2. The molecule has 1 N–H and O–H groups in total. The first-order valence-corrected chi connectivity index (χ1v) is 3.04. The van der Waals surface area contributed by atoms with Crippen LogP contribution in [0.3, 0.4) is 0 Å². The fourth-order valence-electron chi connectivity index (χ4n) is 0.365. The first-order valence-electron chi connectivity index (χ1n) is 3.04. The molecule has 0 unspecified atom stereocenters. The van der Waals surface area contributed by atoms with Crippen molar-refractivity contribution in [1.29, 1.82) is 0 Å². The monoisotopic (exact) mass is 208 g/mol. The van der Waals surface area contributed by atoms with Crippen molar-refractivity contribution in [1.82, 2.24) is 0 Å². The minimum absolute atomic E-state index is 0.643. The van der Waals surface area contributed by atoms with E-state index in [9.17, 15) is 17.6 Å². The van der Waals surface area contributed by atoms with E-state index >= 15 is 0 Å². The van der Waals surface area contributed by atoms with Crippen molar-refractivity contribution in [3.05, 3.63) is 0 Å². The lowest BCUT2D eigenvalue weighted by Crippen LogP contribution is -2.35. The predicted octanol–water partition coefficient (Wildman–Crippen LogP) is 1.32. The molecule has 0 spiro atoms. The van der Waals surface area contributed by atoms with Gasteiger partial charge in [-0.15, -0.1) is 0 Å². The van der Waals surface area contributed by atoms with Crippen molar-refractivity contribution in [2.45, 2.75) is 12.2 Å². The van der Waals surface area contributed by atoms with E-state index in [0.717, 1.165) is 0 Å². The lowest BCUT2D eigenvalue weighted by molar-refractivity contribution is -0.365. The molecule has 0 heterocycles. The topological polar surface area (TPSA) is 47.9 Å². The highest BCUT2D eigenvalue weighted by Gasteiger charge is 2.38. The number of ether oxygens (including phenoxy) is 2. The standard InChI is InChI=1S/C5H8F4O4/c1-11-4(6,7)2-12-5(8,9)3-13-10/h10H,2-3H2,1H3. The van der Waals surface area contributed by atoms with E-state index in [-0.39, 0.29) is 0 Å². The fourth-order valence-corrected chi connectivity index (χ4v) is 0.365. The summed E-state index contributed by atoms with van der Waals surface area (Å²) in [6, 6.07) is 0. The van der Waals surface area contributed by atoms with Crippen LogP contribution in [-0.2, 0) is 14.4 Å². The predicted molar refractivity (Wildman–Crippen MR) is 31.4 cm³/mol. The van der Waals surface area contributed by atoms with Crippen molar-refractivity contribution in [3.63, 3.8) is 0 Å². The van der Waals surface area contributed by atoms with E-state index in [0.29, 0.717) is 7.11 Å². The summed E-state index contributed by atoms with van der Waals surface area (Å²) < 4.78 is 55.6. The Balaban J connectivity index is 3.86. The molecule has 0 aliphatic heterocycles. The number of hydrogen-bond acceptors (Lipinski definition) is 4. The first-order chi connectivity index (χ1) is 5.83. The zero-order valence-corrected chi connectivity index (χ0v) is 6.60. The Morgan fingerprint density at radius 2 is 1.62 bits per heavy atom. The molecule has 0 saturated carbocycles. The van der Waals surface area contributed by atoms with Gasteiger partial charge in [-0.2, -0.15) is 17.6 Å². The van der Waals surface area contributed by atoms with Gasteiger partial charge in [-0.3, -0.25) is 5.26 Å². The van der Waals surface area contributed by atoms with Gasteiger partial charge in [-0.25, -0.2) is 4.89 Å². The summed E-state index contributed by atoms with van der Waals surface area (Å²) in [5, 5.41) is 7.61. The molecule has 8 heteroatoms. The number of alkyl halides is 4. The maximum Gasteiger partial charge on any atom is 0.382 e. The Kier molecular flexibility index (Phi) is 4.54. The Morgan fingerprint density at radius 3 is 2.00 bits per heavy atom. The van der Waals surface area contributed by atoms with E-state index in [1.807, 2.05) is 0 Å². The Hall–Kier alpha value is -0.440. The minimum atomic E-state index is -3.98. The molecule has 0 aromatic rings. The van der Waals surface area contributed by atoms with Gasteiger partial charge in [0.05, 0.1) is 0 Å². The van der Waals surface area contributed by atoms with Crippen LogP contribution in [-0.4, -0.2) is 37.8 Å². The van der Waals surface area contributed by atoms with Gasteiger partial charge in [0.1, 0.15) is 6.61 Å². The second-order valence-electron chi connectivity index (χ2n) is 2.04. The molecular formula is C5H8F4O4. The largest absolute Gasteiger partial charge is 0.382 e. The molecule has 0 saturated heterocycles. The average molecular weight is 208 g/mol. The third-order valence-electron chi connectivity index (χ3n) is 0.983. The van der Waals surface area contributed by atoms with Crippen molar-refractivity contribution in [2.24, 2.45) is 0 Å². The lowest BCUT2D eigenvalue weighted by atomic mass is 10.6. The van der Waals surface area contributed by atoms with Crippen molar-refractivity contribution < 1.29 is 37.2 Å². The molecule has 0 rings (SSSR count). The summed E-state index contributed by atoms with van der Waals surface area (Å²) in [6.07, 6.45) is -7.77. The SMILES string of the molecule is COC(F)(F)COC(F)(F)COO. The van der Waals surface area contributed by atoms with E-state index in [1.165, 1.54) is 0 Å². The normalized spacial score (nSPS) is 13.4. The van der Waals surface area contributed by atoms with Crippen LogP contribution in [0.25, 0.3) is 0 Å². The van der Waals surface area contributed by atoms with E-state index in [1.54, 1.807) is 0 Å². The molecule has 80 valence electrons. The highest BCUT2D eigenvalue weighted by atomic mass is 19.3. The maximum atomic E-state index is 12.2. The summed E-state index contributed by atoms with van der Waals surface area (Å²) in [5.41, 5.74) is 0. The molecular weight excluding hydrogens is 200 g/mol. The van der Waals surface area contributed by atoms with Crippen LogP contribution < -0.4 is 0 Å². The van der Waals surface area contributed by atoms with Crippen LogP contribution >= 0.6 is 0 Å². The summed E-state index contributed by atoms with van der Waals surface area (Å²) in [5.74, 6) is 0. The summed E-state index contributed by atoms with van der Waals surface area (Å²) in [6.45, 7) is -3.15. The van der Waals surface area contributed by atoms with E-state index < -0.39 is 25.4 Å². The highest BCUT2D eigenvalue weighted by Crippen LogP contribution is 2.21. The van der Waals surface area contributed by atoms with Gasteiger partial charge in [0.15, 0.2) is 6.61 Å². The molecule has 13 heavy (non-hydrogen) atoms. The molecule has 0 radical (unpaired) electrons. The average Bonchev–Trinajstić information content (AvgIpc) is 2.02. The van der Waals surface area contributed by atoms with Crippen molar-refractivity contribution >= 4 is 0 Å². The molecule has 0 aliphatic carbocycles. The number of rotatable bonds is 6. The Bertz CT molecular complexity index is 151. The summed E-state index contributed by atoms with van der Waals surface area (Å²) >= 11 is 0. The molecule has 0 bridgehead atoms. The van der Waals surface area contributed by atoms with Crippen LogP contribution in [0.2, 0.25) is 0 Å². The zero-order chi connectivity index (χ0) is 10.5. The fraction of sp³-hybridized carbons (Fsp3) is 1.00. The summed E-state index contributed by atoms with van der Waals surface area (Å²) in [7, 11) is 0.643. The Labute approximate surface area is 70.9 Å². The minimum Gasteiger partial charge on any atom is -0.322 e. The smallest absolute Gasteiger partial charge is 0.322 e. The number of hydrogen-bond donors (Lipinski definition) is 1. The Morgan fingerprint density at radius 1 is 1.08 bits per heavy atom. The van der Waals surface area contributed by atoms with Crippen LogP contribution in [0.1, 0.15) is 0 Å². The molecule has 0 aliphatic rings. The number of methoxy groups -OCH3 is 1. The second kappa shape index (κ2) is 4.70. The molecule has 0 aromatic carbocycles.